The summed E-state index contributed by atoms with van der Waals surface area (Å²) in [5.41, 5.74) is 1.49. The summed E-state index contributed by atoms with van der Waals surface area (Å²) in [7, 11) is 0. The van der Waals surface area contributed by atoms with Crippen LogP contribution >= 0.6 is 11.3 Å². The van der Waals surface area contributed by atoms with Gasteiger partial charge in [-0.2, -0.15) is 0 Å². The van der Waals surface area contributed by atoms with Crippen LogP contribution in [0.3, 0.4) is 0 Å². The summed E-state index contributed by atoms with van der Waals surface area (Å²) in [5, 5.41) is 3.39. The minimum atomic E-state index is 0.882. The van der Waals surface area contributed by atoms with Crippen molar-refractivity contribution in [3.63, 3.8) is 0 Å². The van der Waals surface area contributed by atoms with Crippen LogP contribution in [0.4, 0.5) is 0 Å². The van der Waals surface area contributed by atoms with Crippen LogP contribution in [0.5, 0.6) is 0 Å². The Balaban J connectivity index is 1.92. The first kappa shape index (κ1) is 13.0. The van der Waals surface area contributed by atoms with E-state index in [0.717, 1.165) is 45.9 Å². The molecule has 3 nitrogen and oxygen atoms in total. The van der Waals surface area contributed by atoms with Gasteiger partial charge < -0.3 is 10.1 Å². The first-order valence-electron chi connectivity index (χ1n) is 6.38. The summed E-state index contributed by atoms with van der Waals surface area (Å²) >= 11 is 1.92. The molecular weight excluding hydrogens is 232 g/mol. The van der Waals surface area contributed by atoms with Crippen molar-refractivity contribution in [2.24, 2.45) is 0 Å². The molecule has 1 aliphatic heterocycles. The summed E-state index contributed by atoms with van der Waals surface area (Å²) in [6, 6.07) is 2.36. The largest absolute Gasteiger partial charge is 0.379 e. The van der Waals surface area contributed by atoms with Gasteiger partial charge in [0.15, 0.2) is 0 Å². The van der Waals surface area contributed by atoms with Crippen LogP contribution in [0.25, 0.3) is 0 Å². The molecule has 96 valence electrons. The molecule has 0 bridgehead atoms. The van der Waals surface area contributed by atoms with Gasteiger partial charge in [-0.3, -0.25) is 4.90 Å². The van der Waals surface area contributed by atoms with Gasteiger partial charge in [-0.05, 0) is 25.1 Å². The lowest BCUT2D eigenvalue weighted by Gasteiger charge is -2.26. The van der Waals surface area contributed by atoms with Crippen LogP contribution in [0.2, 0.25) is 0 Å². The number of nitrogens with zero attached hydrogens (tertiary/aromatic N) is 1. The average Bonchev–Trinajstić information content (AvgIpc) is 2.69. The normalized spacial score (nSPS) is 17.5. The quantitative estimate of drug-likeness (QED) is 0.870. The molecule has 0 aliphatic carbocycles. The Morgan fingerprint density at radius 2 is 2.18 bits per heavy atom. The van der Waals surface area contributed by atoms with Crippen molar-refractivity contribution < 1.29 is 4.74 Å². The van der Waals surface area contributed by atoms with Gasteiger partial charge >= 0.3 is 0 Å². The van der Waals surface area contributed by atoms with Gasteiger partial charge in [-0.25, -0.2) is 0 Å². The number of rotatable bonds is 5. The Morgan fingerprint density at radius 3 is 2.88 bits per heavy atom. The molecule has 2 heterocycles. The van der Waals surface area contributed by atoms with Crippen LogP contribution in [0.1, 0.15) is 22.2 Å². The van der Waals surface area contributed by atoms with E-state index in [-0.39, 0.29) is 0 Å². The summed E-state index contributed by atoms with van der Waals surface area (Å²) in [5.74, 6) is 0. The lowest BCUT2D eigenvalue weighted by atomic mass is 10.2. The third-order valence-electron chi connectivity index (χ3n) is 3.12. The fraction of sp³-hybridized carbons (Fsp3) is 0.692. The van der Waals surface area contributed by atoms with E-state index in [2.05, 4.69) is 30.1 Å². The zero-order valence-corrected chi connectivity index (χ0v) is 11.6. The van der Waals surface area contributed by atoms with E-state index in [4.69, 9.17) is 4.74 Å². The molecule has 0 atom stereocenters. The number of morpholine rings is 1. The summed E-state index contributed by atoms with van der Waals surface area (Å²) in [6.45, 7) is 11.4. The fourth-order valence-corrected chi connectivity index (χ4v) is 3.10. The molecular formula is C13H22N2OS. The number of nitrogens with one attached hydrogen (secondary N) is 1. The molecule has 0 spiro atoms. The first-order valence-corrected chi connectivity index (χ1v) is 7.20. The second-order valence-electron chi connectivity index (χ2n) is 4.46. The van der Waals surface area contributed by atoms with E-state index in [1.54, 1.807) is 0 Å². The molecule has 1 aliphatic rings. The molecule has 0 saturated carbocycles. The molecule has 0 unspecified atom stereocenters. The van der Waals surface area contributed by atoms with Crippen LogP contribution in [0, 0.1) is 6.92 Å². The second kappa shape index (κ2) is 6.50. The maximum atomic E-state index is 5.38. The minimum Gasteiger partial charge on any atom is -0.379 e. The molecule has 1 aromatic rings. The Labute approximate surface area is 108 Å². The van der Waals surface area contributed by atoms with Crippen LogP contribution in [0.15, 0.2) is 6.07 Å². The highest BCUT2D eigenvalue weighted by molar-refractivity contribution is 7.12. The van der Waals surface area contributed by atoms with Gasteiger partial charge in [-0.15, -0.1) is 11.3 Å². The minimum absolute atomic E-state index is 0.882. The van der Waals surface area contributed by atoms with Gasteiger partial charge in [-0.1, -0.05) is 6.92 Å². The van der Waals surface area contributed by atoms with Crippen molar-refractivity contribution in [2.75, 3.05) is 32.8 Å². The Hall–Kier alpha value is -0.420. The Kier molecular flexibility index (Phi) is 4.98. The highest BCUT2D eigenvalue weighted by Crippen LogP contribution is 2.23. The molecule has 2 rings (SSSR count). The third kappa shape index (κ3) is 3.78. The van der Waals surface area contributed by atoms with E-state index in [9.17, 15) is 0 Å². The summed E-state index contributed by atoms with van der Waals surface area (Å²) < 4.78 is 5.38. The van der Waals surface area contributed by atoms with Gasteiger partial charge in [0.25, 0.3) is 0 Å². The standard InChI is InChI=1S/C13H22N2OS/c1-3-14-9-13-8-12(11(2)17-13)10-15-4-6-16-7-5-15/h8,14H,3-7,9-10H2,1-2H3. The molecule has 17 heavy (non-hydrogen) atoms. The van der Waals surface area contributed by atoms with E-state index in [1.807, 2.05) is 11.3 Å². The van der Waals surface area contributed by atoms with Crippen LogP contribution < -0.4 is 5.32 Å². The van der Waals surface area contributed by atoms with Crippen LogP contribution in [-0.2, 0) is 17.8 Å². The molecule has 0 amide bonds. The summed E-state index contributed by atoms with van der Waals surface area (Å²) in [6.07, 6.45) is 0. The van der Waals surface area contributed by atoms with Gasteiger partial charge in [0.05, 0.1) is 13.2 Å². The lowest BCUT2D eigenvalue weighted by molar-refractivity contribution is 0.0341. The average molecular weight is 254 g/mol. The van der Waals surface area contributed by atoms with Crippen LogP contribution in [-0.4, -0.2) is 37.7 Å². The van der Waals surface area contributed by atoms with E-state index in [1.165, 1.54) is 15.3 Å². The Bertz CT molecular complexity index is 345. The molecule has 0 aromatic carbocycles. The molecule has 1 fully saturated rings. The molecule has 0 radical (unpaired) electrons. The van der Waals surface area contributed by atoms with Gasteiger partial charge in [0.2, 0.25) is 0 Å². The third-order valence-corrected chi connectivity index (χ3v) is 4.21. The van der Waals surface area contributed by atoms with Crippen molar-refractivity contribution in [1.29, 1.82) is 0 Å². The number of hydrogen-bond donors (Lipinski definition) is 1. The predicted molar refractivity (Wildman–Crippen MR) is 72.5 cm³/mol. The lowest BCUT2D eigenvalue weighted by Crippen LogP contribution is -2.35. The number of aryl methyl sites for hydroxylation is 1. The smallest absolute Gasteiger partial charge is 0.0594 e. The summed E-state index contributed by atoms with van der Waals surface area (Å²) in [4.78, 5) is 5.40. The fourth-order valence-electron chi connectivity index (χ4n) is 2.08. The molecule has 1 N–H and O–H groups in total. The van der Waals surface area contributed by atoms with Crippen molar-refractivity contribution in [2.45, 2.75) is 26.9 Å². The molecule has 1 aromatic heterocycles. The maximum Gasteiger partial charge on any atom is 0.0594 e. The zero-order chi connectivity index (χ0) is 12.1. The number of ether oxygens (including phenoxy) is 1. The molecule has 4 heteroatoms. The maximum absolute atomic E-state index is 5.38. The SMILES string of the molecule is CCNCc1cc(CN2CCOCC2)c(C)s1. The van der Waals surface area contributed by atoms with Crippen molar-refractivity contribution in [1.82, 2.24) is 10.2 Å². The highest BCUT2D eigenvalue weighted by Gasteiger charge is 2.13. The monoisotopic (exact) mass is 254 g/mol. The first-order chi connectivity index (χ1) is 8.29. The van der Waals surface area contributed by atoms with Crippen molar-refractivity contribution in [3.05, 3.63) is 21.4 Å². The zero-order valence-electron chi connectivity index (χ0n) is 10.8. The molecule has 1 saturated heterocycles. The number of thiophene rings is 1. The Morgan fingerprint density at radius 1 is 1.41 bits per heavy atom. The topological polar surface area (TPSA) is 24.5 Å². The van der Waals surface area contributed by atoms with E-state index >= 15 is 0 Å². The van der Waals surface area contributed by atoms with Crippen molar-refractivity contribution in [3.8, 4) is 0 Å². The van der Waals surface area contributed by atoms with Gasteiger partial charge in [0.1, 0.15) is 0 Å². The second-order valence-corrected chi connectivity index (χ2v) is 5.80. The van der Waals surface area contributed by atoms with Gasteiger partial charge in [0, 0.05) is 35.9 Å². The van der Waals surface area contributed by atoms with E-state index in [0.29, 0.717) is 0 Å². The van der Waals surface area contributed by atoms with E-state index < -0.39 is 0 Å². The predicted octanol–water partition coefficient (Wildman–Crippen LogP) is 2.00. The highest BCUT2D eigenvalue weighted by atomic mass is 32.1. The van der Waals surface area contributed by atoms with Crippen molar-refractivity contribution >= 4 is 11.3 Å². The number of hydrogen-bond acceptors (Lipinski definition) is 4.